The number of nitrogens with zero attached hydrogens (tertiary/aromatic N) is 1. The van der Waals surface area contributed by atoms with Crippen LogP contribution in [0.3, 0.4) is 0 Å². The number of hydrogen-bond acceptors (Lipinski definition) is 2. The van der Waals surface area contributed by atoms with Gasteiger partial charge in [-0.1, -0.05) is 23.7 Å². The second kappa shape index (κ2) is 6.29. The predicted octanol–water partition coefficient (Wildman–Crippen LogP) is 2.73. The van der Waals surface area contributed by atoms with Crippen molar-refractivity contribution < 1.29 is 9.18 Å². The number of carbonyl (C=O) groups is 1. The Morgan fingerprint density at radius 3 is 2.79 bits per heavy atom. The molecule has 0 fully saturated rings. The average molecular weight is 279 g/mol. The summed E-state index contributed by atoms with van der Waals surface area (Å²) < 4.78 is 13.5. The maximum absolute atomic E-state index is 13.5. The Balaban J connectivity index is 1.95. The summed E-state index contributed by atoms with van der Waals surface area (Å²) in [4.78, 5) is 15.8. The van der Waals surface area contributed by atoms with Crippen molar-refractivity contribution in [3.8, 4) is 0 Å². The quantitative estimate of drug-likeness (QED) is 0.934. The van der Waals surface area contributed by atoms with Crippen molar-refractivity contribution in [3.63, 3.8) is 0 Å². The van der Waals surface area contributed by atoms with E-state index in [1.807, 2.05) is 6.07 Å². The van der Waals surface area contributed by atoms with Gasteiger partial charge in [-0.05, 0) is 24.3 Å². The fourth-order valence-corrected chi connectivity index (χ4v) is 1.85. The van der Waals surface area contributed by atoms with Crippen LogP contribution in [0.25, 0.3) is 0 Å². The van der Waals surface area contributed by atoms with Gasteiger partial charge in [-0.2, -0.15) is 0 Å². The standard InChI is InChI=1S/C14H12ClFN2O/c15-12-5-3-6-13(16)11(12)8-14(19)18-9-10-4-1-2-7-17-10/h1-7H,8-9H2,(H,18,19). The SMILES string of the molecule is O=C(Cc1c(F)cccc1Cl)NCc1ccccn1. The Kier molecular flexibility index (Phi) is 4.47. The second-order valence-corrected chi connectivity index (χ2v) is 4.38. The molecule has 2 aromatic rings. The van der Waals surface area contributed by atoms with Gasteiger partial charge < -0.3 is 5.32 Å². The molecule has 0 saturated heterocycles. The summed E-state index contributed by atoms with van der Waals surface area (Å²) in [5, 5.41) is 2.93. The van der Waals surface area contributed by atoms with Gasteiger partial charge in [-0.3, -0.25) is 9.78 Å². The molecule has 3 nitrogen and oxygen atoms in total. The summed E-state index contributed by atoms with van der Waals surface area (Å²) in [6.07, 6.45) is 1.56. The number of benzene rings is 1. The number of halogens is 2. The molecule has 98 valence electrons. The number of carbonyl (C=O) groups excluding carboxylic acids is 1. The molecule has 1 aromatic heterocycles. The van der Waals surface area contributed by atoms with Crippen LogP contribution >= 0.6 is 11.6 Å². The van der Waals surface area contributed by atoms with Crippen molar-refractivity contribution in [3.05, 3.63) is 64.7 Å². The van der Waals surface area contributed by atoms with E-state index in [1.165, 1.54) is 12.1 Å². The first-order valence-electron chi connectivity index (χ1n) is 5.76. The molecule has 0 aliphatic heterocycles. The zero-order chi connectivity index (χ0) is 13.7. The molecule has 0 spiro atoms. The topological polar surface area (TPSA) is 42.0 Å². The lowest BCUT2D eigenvalue weighted by Crippen LogP contribution is -2.25. The number of amides is 1. The van der Waals surface area contributed by atoms with Crippen molar-refractivity contribution in [1.29, 1.82) is 0 Å². The Bertz CT molecular complexity index is 555. The first-order valence-corrected chi connectivity index (χ1v) is 6.14. The third-order valence-electron chi connectivity index (χ3n) is 2.59. The van der Waals surface area contributed by atoms with E-state index in [0.717, 1.165) is 5.69 Å². The molecule has 0 unspecified atom stereocenters. The van der Waals surface area contributed by atoms with E-state index in [9.17, 15) is 9.18 Å². The molecule has 19 heavy (non-hydrogen) atoms. The van der Waals surface area contributed by atoms with Gasteiger partial charge >= 0.3 is 0 Å². The highest BCUT2D eigenvalue weighted by Crippen LogP contribution is 2.19. The van der Waals surface area contributed by atoms with E-state index in [1.54, 1.807) is 24.4 Å². The zero-order valence-electron chi connectivity index (χ0n) is 10.1. The van der Waals surface area contributed by atoms with Gasteiger partial charge in [0.25, 0.3) is 0 Å². The van der Waals surface area contributed by atoms with Crippen molar-refractivity contribution in [1.82, 2.24) is 10.3 Å². The van der Waals surface area contributed by atoms with E-state index >= 15 is 0 Å². The molecule has 1 N–H and O–H groups in total. The molecule has 1 amide bonds. The number of aromatic nitrogens is 1. The van der Waals surface area contributed by atoms with E-state index in [2.05, 4.69) is 10.3 Å². The molecular formula is C14H12ClFN2O. The van der Waals surface area contributed by atoms with Crippen LogP contribution in [-0.2, 0) is 17.8 Å². The second-order valence-electron chi connectivity index (χ2n) is 3.97. The monoisotopic (exact) mass is 278 g/mol. The van der Waals surface area contributed by atoms with Gasteiger partial charge in [0.15, 0.2) is 0 Å². The maximum Gasteiger partial charge on any atom is 0.224 e. The Morgan fingerprint density at radius 2 is 2.11 bits per heavy atom. The van der Waals surface area contributed by atoms with Crippen LogP contribution in [0.1, 0.15) is 11.3 Å². The molecular weight excluding hydrogens is 267 g/mol. The van der Waals surface area contributed by atoms with Crippen LogP contribution in [0.15, 0.2) is 42.6 Å². The normalized spacial score (nSPS) is 10.2. The summed E-state index contributed by atoms with van der Waals surface area (Å²) in [6.45, 7) is 0.311. The summed E-state index contributed by atoms with van der Waals surface area (Å²) in [6, 6.07) is 9.79. The van der Waals surface area contributed by atoms with E-state index in [4.69, 9.17) is 11.6 Å². The lowest BCUT2D eigenvalue weighted by molar-refractivity contribution is -0.120. The van der Waals surface area contributed by atoms with Gasteiger partial charge in [0, 0.05) is 16.8 Å². The van der Waals surface area contributed by atoms with Crippen molar-refractivity contribution in [2.75, 3.05) is 0 Å². The van der Waals surface area contributed by atoms with Crippen LogP contribution in [0, 0.1) is 5.82 Å². The largest absolute Gasteiger partial charge is 0.350 e. The lowest BCUT2D eigenvalue weighted by atomic mass is 10.1. The van der Waals surface area contributed by atoms with Gasteiger partial charge in [0.2, 0.25) is 5.91 Å². The van der Waals surface area contributed by atoms with Crippen LogP contribution in [0.4, 0.5) is 4.39 Å². The van der Waals surface area contributed by atoms with Crippen LogP contribution in [0.2, 0.25) is 5.02 Å². The third kappa shape index (κ3) is 3.76. The van der Waals surface area contributed by atoms with Crippen LogP contribution < -0.4 is 5.32 Å². The minimum atomic E-state index is -0.472. The first-order chi connectivity index (χ1) is 9.16. The van der Waals surface area contributed by atoms with Crippen molar-refractivity contribution in [2.45, 2.75) is 13.0 Å². The highest BCUT2D eigenvalue weighted by Gasteiger charge is 2.11. The summed E-state index contributed by atoms with van der Waals surface area (Å²) in [5.41, 5.74) is 0.957. The number of hydrogen-bond donors (Lipinski definition) is 1. The van der Waals surface area contributed by atoms with E-state index in [-0.39, 0.29) is 22.9 Å². The molecule has 0 atom stereocenters. The molecule has 5 heteroatoms. The smallest absolute Gasteiger partial charge is 0.224 e. The third-order valence-corrected chi connectivity index (χ3v) is 2.95. The van der Waals surface area contributed by atoms with Gasteiger partial charge in [-0.15, -0.1) is 0 Å². The van der Waals surface area contributed by atoms with Gasteiger partial charge in [0.1, 0.15) is 5.82 Å². The molecule has 0 saturated carbocycles. The molecule has 0 aliphatic carbocycles. The molecule has 0 radical (unpaired) electrons. The van der Waals surface area contributed by atoms with Gasteiger partial charge in [0.05, 0.1) is 18.7 Å². The molecule has 0 aliphatic rings. The maximum atomic E-state index is 13.5. The van der Waals surface area contributed by atoms with Gasteiger partial charge in [-0.25, -0.2) is 4.39 Å². The number of nitrogens with one attached hydrogen (secondary N) is 1. The Labute approximate surface area is 115 Å². The summed E-state index contributed by atoms with van der Waals surface area (Å²) >= 11 is 5.86. The number of pyridine rings is 1. The van der Waals surface area contributed by atoms with E-state index < -0.39 is 5.82 Å². The van der Waals surface area contributed by atoms with Crippen molar-refractivity contribution >= 4 is 17.5 Å². The first kappa shape index (κ1) is 13.5. The predicted molar refractivity (Wildman–Crippen MR) is 71.2 cm³/mol. The molecule has 2 rings (SSSR count). The lowest BCUT2D eigenvalue weighted by Gasteiger charge is -2.07. The summed E-state index contributed by atoms with van der Waals surface area (Å²) in [5.74, 6) is -0.766. The fraction of sp³-hybridized carbons (Fsp3) is 0.143. The fourth-order valence-electron chi connectivity index (χ4n) is 1.62. The zero-order valence-corrected chi connectivity index (χ0v) is 10.8. The summed E-state index contributed by atoms with van der Waals surface area (Å²) in [7, 11) is 0. The highest BCUT2D eigenvalue weighted by atomic mass is 35.5. The van der Waals surface area contributed by atoms with Crippen molar-refractivity contribution in [2.24, 2.45) is 0 Å². The Hall–Kier alpha value is -1.94. The number of rotatable bonds is 4. The highest BCUT2D eigenvalue weighted by molar-refractivity contribution is 6.31. The van der Waals surface area contributed by atoms with Crippen LogP contribution in [-0.4, -0.2) is 10.9 Å². The molecule has 1 heterocycles. The molecule has 1 aromatic carbocycles. The average Bonchev–Trinajstić information content (AvgIpc) is 2.42. The molecule has 0 bridgehead atoms. The Morgan fingerprint density at radius 1 is 1.26 bits per heavy atom. The van der Waals surface area contributed by atoms with Crippen LogP contribution in [0.5, 0.6) is 0 Å². The van der Waals surface area contributed by atoms with E-state index in [0.29, 0.717) is 6.54 Å². The minimum Gasteiger partial charge on any atom is -0.350 e. The minimum absolute atomic E-state index is 0.0850.